The van der Waals surface area contributed by atoms with E-state index in [9.17, 15) is 19.2 Å². The number of nitrogens with one attached hydrogen (secondary N) is 1. The first-order valence-corrected chi connectivity index (χ1v) is 12.2. The number of carbonyl (C=O) groups excluding carboxylic acids is 4. The van der Waals surface area contributed by atoms with Gasteiger partial charge in [0.2, 0.25) is 0 Å². The summed E-state index contributed by atoms with van der Waals surface area (Å²) in [5, 5.41) is 1.16. The molecular formula is C22H33NO8S2. The normalized spacial score (nSPS) is 12.1. The third-order valence-electron chi connectivity index (χ3n) is 4.22. The number of methoxy groups -OCH3 is 2. The molecule has 0 radical (unpaired) electrons. The minimum Gasteiger partial charge on any atom is -0.468 e. The zero-order chi connectivity index (χ0) is 25.2. The Morgan fingerprint density at radius 3 is 2.24 bits per heavy atom. The molecular weight excluding hydrogens is 470 g/mol. The molecule has 1 rings (SSSR count). The minimum absolute atomic E-state index is 0.152. The predicted molar refractivity (Wildman–Crippen MR) is 127 cm³/mol. The molecule has 0 aliphatic rings. The highest BCUT2D eigenvalue weighted by Crippen LogP contribution is 2.28. The van der Waals surface area contributed by atoms with Crippen molar-refractivity contribution in [2.45, 2.75) is 63.6 Å². The molecule has 0 fully saturated rings. The summed E-state index contributed by atoms with van der Waals surface area (Å²) in [6.45, 7) is 9.36. The number of rotatable bonds is 11. The van der Waals surface area contributed by atoms with Gasteiger partial charge in [-0.15, -0.1) is 23.1 Å². The zero-order valence-electron chi connectivity index (χ0n) is 20.1. The molecule has 0 saturated carbocycles. The molecule has 1 amide bonds. The van der Waals surface area contributed by atoms with Crippen LogP contribution in [0.25, 0.3) is 0 Å². The van der Waals surface area contributed by atoms with Crippen molar-refractivity contribution in [1.82, 2.24) is 5.32 Å². The Kier molecular flexibility index (Phi) is 11.7. The van der Waals surface area contributed by atoms with E-state index in [1.165, 1.54) is 25.6 Å². The van der Waals surface area contributed by atoms with E-state index < -0.39 is 28.9 Å². The highest BCUT2D eigenvalue weighted by atomic mass is 32.2. The van der Waals surface area contributed by atoms with E-state index in [0.29, 0.717) is 24.3 Å². The van der Waals surface area contributed by atoms with E-state index >= 15 is 0 Å². The van der Waals surface area contributed by atoms with E-state index in [1.807, 2.05) is 6.92 Å². The highest BCUT2D eigenvalue weighted by molar-refractivity contribution is 8.01. The molecule has 33 heavy (non-hydrogen) atoms. The van der Waals surface area contributed by atoms with Crippen molar-refractivity contribution in [1.29, 1.82) is 0 Å². The van der Waals surface area contributed by atoms with Gasteiger partial charge in [0.1, 0.15) is 10.5 Å². The average molecular weight is 504 g/mol. The number of esters is 3. The quantitative estimate of drug-likeness (QED) is 0.275. The van der Waals surface area contributed by atoms with Crippen LogP contribution in [0.3, 0.4) is 0 Å². The van der Waals surface area contributed by atoms with Gasteiger partial charge in [-0.3, -0.25) is 9.59 Å². The van der Waals surface area contributed by atoms with E-state index in [0.717, 1.165) is 22.2 Å². The van der Waals surface area contributed by atoms with Crippen molar-refractivity contribution < 1.29 is 38.1 Å². The summed E-state index contributed by atoms with van der Waals surface area (Å²) in [6.07, 6.45) is 0.477. The average Bonchev–Trinajstić information content (AvgIpc) is 3.11. The SMILES string of the molecule is CCOC(=O)c1cc(C)c(CC[C@H](CNC(=O)OC(C)(C)C)SC(C(=O)OC)C(=O)OC)s1. The molecule has 0 spiro atoms. The first-order valence-electron chi connectivity index (χ1n) is 10.5. The molecule has 0 aromatic carbocycles. The van der Waals surface area contributed by atoms with Gasteiger partial charge in [-0.1, -0.05) is 0 Å². The lowest BCUT2D eigenvalue weighted by Crippen LogP contribution is -2.38. The van der Waals surface area contributed by atoms with Crippen LogP contribution in [-0.4, -0.2) is 67.5 Å². The Balaban J connectivity index is 2.97. The fourth-order valence-corrected chi connectivity index (χ4v) is 5.02. The Morgan fingerprint density at radius 2 is 1.73 bits per heavy atom. The second-order valence-electron chi connectivity index (χ2n) is 8.04. The summed E-state index contributed by atoms with van der Waals surface area (Å²) in [4.78, 5) is 49.9. The van der Waals surface area contributed by atoms with Crippen molar-refractivity contribution in [2.24, 2.45) is 0 Å². The molecule has 11 heteroatoms. The van der Waals surface area contributed by atoms with Gasteiger partial charge in [0, 0.05) is 16.7 Å². The number of aryl methyl sites for hydroxylation is 2. The van der Waals surface area contributed by atoms with Gasteiger partial charge in [-0.05, 0) is 59.1 Å². The molecule has 9 nitrogen and oxygen atoms in total. The number of carbonyl (C=O) groups is 4. The van der Waals surface area contributed by atoms with Crippen LogP contribution in [0.5, 0.6) is 0 Å². The number of thiophene rings is 1. The van der Waals surface area contributed by atoms with Gasteiger partial charge in [0.05, 0.1) is 20.8 Å². The fourth-order valence-electron chi connectivity index (χ4n) is 2.71. The molecule has 0 aliphatic carbocycles. The number of alkyl carbamates (subject to hydrolysis) is 1. The zero-order valence-corrected chi connectivity index (χ0v) is 21.8. The van der Waals surface area contributed by atoms with Crippen LogP contribution in [0, 0.1) is 6.92 Å². The topological polar surface area (TPSA) is 117 Å². The van der Waals surface area contributed by atoms with Gasteiger partial charge in [0.25, 0.3) is 0 Å². The lowest BCUT2D eigenvalue weighted by molar-refractivity contribution is -0.150. The third kappa shape index (κ3) is 10.0. The maximum Gasteiger partial charge on any atom is 0.407 e. The van der Waals surface area contributed by atoms with E-state index in [-0.39, 0.29) is 17.8 Å². The monoisotopic (exact) mass is 503 g/mol. The molecule has 1 aromatic heterocycles. The minimum atomic E-state index is -1.19. The molecule has 1 aromatic rings. The van der Waals surface area contributed by atoms with Crippen LogP contribution in [0.15, 0.2) is 6.07 Å². The van der Waals surface area contributed by atoms with Crippen LogP contribution in [0.1, 0.15) is 54.2 Å². The van der Waals surface area contributed by atoms with Crippen LogP contribution in [-0.2, 0) is 35.0 Å². The van der Waals surface area contributed by atoms with Crippen molar-refractivity contribution >= 4 is 47.1 Å². The molecule has 0 saturated heterocycles. The van der Waals surface area contributed by atoms with Crippen molar-refractivity contribution in [3.63, 3.8) is 0 Å². The second-order valence-corrected chi connectivity index (χ2v) is 10.6. The molecule has 0 unspecified atom stereocenters. The van der Waals surface area contributed by atoms with Crippen molar-refractivity contribution in [2.75, 3.05) is 27.4 Å². The summed E-state index contributed by atoms with van der Waals surface area (Å²) in [5.74, 6) is -1.83. The Bertz CT molecular complexity index is 815. The molecule has 0 bridgehead atoms. The van der Waals surface area contributed by atoms with E-state index in [1.54, 1.807) is 33.8 Å². The summed E-state index contributed by atoms with van der Waals surface area (Å²) < 4.78 is 19.8. The summed E-state index contributed by atoms with van der Waals surface area (Å²) >= 11 is 2.40. The van der Waals surface area contributed by atoms with Gasteiger partial charge in [0.15, 0.2) is 5.25 Å². The molecule has 1 heterocycles. The second kappa shape index (κ2) is 13.4. The molecule has 186 valence electrons. The number of hydrogen-bond acceptors (Lipinski definition) is 10. The molecule has 0 aliphatic heterocycles. The molecule has 1 atom stereocenters. The third-order valence-corrected chi connectivity index (χ3v) is 6.94. The van der Waals surface area contributed by atoms with Gasteiger partial charge in [-0.25, -0.2) is 9.59 Å². The largest absolute Gasteiger partial charge is 0.468 e. The number of amides is 1. The Hall–Kier alpha value is -2.27. The van der Waals surface area contributed by atoms with Crippen LogP contribution in [0.4, 0.5) is 4.79 Å². The first kappa shape index (κ1) is 28.8. The summed E-state index contributed by atoms with van der Waals surface area (Å²) in [6, 6.07) is 1.78. The Morgan fingerprint density at radius 1 is 1.12 bits per heavy atom. The lowest BCUT2D eigenvalue weighted by atomic mass is 10.1. The number of hydrogen-bond donors (Lipinski definition) is 1. The predicted octanol–water partition coefficient (Wildman–Crippen LogP) is 3.51. The smallest absolute Gasteiger partial charge is 0.407 e. The summed E-state index contributed by atoms with van der Waals surface area (Å²) in [5.41, 5.74) is 0.287. The van der Waals surface area contributed by atoms with Crippen LogP contribution >= 0.6 is 23.1 Å². The number of thioether (sulfide) groups is 1. The van der Waals surface area contributed by atoms with Crippen molar-refractivity contribution in [3.05, 3.63) is 21.4 Å². The maximum atomic E-state index is 12.1. The van der Waals surface area contributed by atoms with Crippen LogP contribution in [0.2, 0.25) is 0 Å². The van der Waals surface area contributed by atoms with Gasteiger partial charge in [-0.2, -0.15) is 0 Å². The number of ether oxygens (including phenoxy) is 4. The molecule has 1 N–H and O–H groups in total. The van der Waals surface area contributed by atoms with E-state index in [2.05, 4.69) is 5.32 Å². The summed E-state index contributed by atoms with van der Waals surface area (Å²) in [7, 11) is 2.39. The lowest BCUT2D eigenvalue weighted by Gasteiger charge is -2.23. The van der Waals surface area contributed by atoms with E-state index in [4.69, 9.17) is 18.9 Å². The van der Waals surface area contributed by atoms with Gasteiger partial charge < -0.3 is 24.3 Å². The Labute approximate surface area is 202 Å². The van der Waals surface area contributed by atoms with Crippen LogP contribution < -0.4 is 5.32 Å². The first-order chi connectivity index (χ1) is 15.4. The highest BCUT2D eigenvalue weighted by Gasteiger charge is 2.33. The standard InChI is InChI=1S/C22H33NO8S2/c1-8-30-18(24)16-11-13(2)15(33-16)10-9-14(12-23-21(27)31-22(3,4)5)32-17(19(25)28-6)20(26)29-7/h11,14,17H,8-10,12H2,1-7H3,(H,23,27)/t14-/m1/s1. The maximum absolute atomic E-state index is 12.1. The van der Waals surface area contributed by atoms with Gasteiger partial charge >= 0.3 is 24.0 Å². The van der Waals surface area contributed by atoms with Crippen molar-refractivity contribution in [3.8, 4) is 0 Å². The fraction of sp³-hybridized carbons (Fsp3) is 0.636.